The second kappa shape index (κ2) is 9.78. The number of carbonyl (C=O) groups excluding carboxylic acids is 2. The molecule has 2 aromatic carbocycles. The summed E-state index contributed by atoms with van der Waals surface area (Å²) in [6.45, 7) is 8.27. The number of nitrogens with one attached hydrogen (secondary N) is 2. The van der Waals surface area contributed by atoms with Crippen LogP contribution in [0.25, 0.3) is 0 Å². The predicted molar refractivity (Wildman–Crippen MR) is 110 cm³/mol. The molecule has 0 fully saturated rings. The summed E-state index contributed by atoms with van der Waals surface area (Å²) >= 11 is 0. The van der Waals surface area contributed by atoms with Crippen molar-refractivity contribution in [3.05, 3.63) is 59.7 Å². The van der Waals surface area contributed by atoms with Crippen molar-refractivity contribution in [3.63, 3.8) is 0 Å². The standard InChI is InChI=1S/C22H28N2O4/c1-16-6-5-7-19(14-16)27-13-12-23-20(25)15-17-8-10-18(11-9-17)24-21(26)28-22(2,3)4/h5-11,14H,12-13,15H2,1-4H3,(H,23,25)(H,24,26). The molecule has 0 spiro atoms. The Morgan fingerprint density at radius 2 is 1.75 bits per heavy atom. The van der Waals surface area contributed by atoms with Crippen LogP contribution < -0.4 is 15.4 Å². The number of anilines is 1. The Labute approximate surface area is 166 Å². The highest BCUT2D eigenvalue weighted by Crippen LogP contribution is 2.14. The molecule has 0 aliphatic carbocycles. The largest absolute Gasteiger partial charge is 0.492 e. The average molecular weight is 384 g/mol. The lowest BCUT2D eigenvalue weighted by atomic mass is 10.1. The zero-order chi connectivity index (χ0) is 20.6. The van der Waals surface area contributed by atoms with E-state index in [1.54, 1.807) is 45.0 Å². The van der Waals surface area contributed by atoms with E-state index in [0.29, 0.717) is 18.8 Å². The molecule has 0 aliphatic heterocycles. The van der Waals surface area contributed by atoms with Crippen LogP contribution in [0, 0.1) is 6.92 Å². The second-order valence-electron chi connectivity index (χ2n) is 7.52. The van der Waals surface area contributed by atoms with E-state index in [9.17, 15) is 9.59 Å². The van der Waals surface area contributed by atoms with Crippen molar-refractivity contribution in [1.29, 1.82) is 0 Å². The summed E-state index contributed by atoms with van der Waals surface area (Å²) in [7, 11) is 0. The lowest BCUT2D eigenvalue weighted by molar-refractivity contribution is -0.120. The van der Waals surface area contributed by atoms with E-state index >= 15 is 0 Å². The van der Waals surface area contributed by atoms with E-state index in [1.807, 2.05) is 31.2 Å². The molecule has 6 nitrogen and oxygen atoms in total. The van der Waals surface area contributed by atoms with Gasteiger partial charge in [0.05, 0.1) is 13.0 Å². The van der Waals surface area contributed by atoms with E-state index in [1.165, 1.54) is 0 Å². The van der Waals surface area contributed by atoms with Crippen LogP contribution in [0.1, 0.15) is 31.9 Å². The molecule has 0 aliphatic rings. The van der Waals surface area contributed by atoms with Gasteiger partial charge in [0.2, 0.25) is 5.91 Å². The molecule has 0 saturated heterocycles. The lowest BCUT2D eigenvalue weighted by Crippen LogP contribution is -2.29. The molecule has 2 amide bonds. The zero-order valence-corrected chi connectivity index (χ0v) is 16.9. The number of benzene rings is 2. The van der Waals surface area contributed by atoms with E-state index < -0.39 is 11.7 Å². The predicted octanol–water partition coefficient (Wildman–Crippen LogP) is 4.08. The Morgan fingerprint density at radius 1 is 1.04 bits per heavy atom. The lowest BCUT2D eigenvalue weighted by Gasteiger charge is -2.19. The molecule has 0 saturated carbocycles. The van der Waals surface area contributed by atoms with Crippen molar-refractivity contribution >= 4 is 17.7 Å². The summed E-state index contributed by atoms with van der Waals surface area (Å²) in [5.74, 6) is 0.711. The summed E-state index contributed by atoms with van der Waals surface area (Å²) in [5, 5.41) is 5.50. The molecular formula is C22H28N2O4. The smallest absolute Gasteiger partial charge is 0.412 e. The first-order chi connectivity index (χ1) is 13.2. The molecule has 2 rings (SSSR count). The summed E-state index contributed by atoms with van der Waals surface area (Å²) in [6.07, 6.45) is -0.247. The minimum Gasteiger partial charge on any atom is -0.492 e. The van der Waals surface area contributed by atoms with Crippen LogP contribution in [-0.2, 0) is 16.0 Å². The monoisotopic (exact) mass is 384 g/mol. The number of rotatable bonds is 7. The van der Waals surface area contributed by atoms with E-state index in [0.717, 1.165) is 16.9 Å². The van der Waals surface area contributed by atoms with Crippen molar-refractivity contribution in [2.45, 2.75) is 39.7 Å². The molecule has 0 aromatic heterocycles. The summed E-state index contributed by atoms with van der Waals surface area (Å²) in [6, 6.07) is 14.9. The number of ether oxygens (including phenoxy) is 2. The summed E-state index contributed by atoms with van der Waals surface area (Å²) < 4.78 is 10.8. The average Bonchev–Trinajstić information content (AvgIpc) is 2.59. The molecule has 0 heterocycles. The van der Waals surface area contributed by atoms with Gasteiger partial charge in [-0.2, -0.15) is 0 Å². The Balaban J connectivity index is 1.71. The first-order valence-corrected chi connectivity index (χ1v) is 9.26. The van der Waals surface area contributed by atoms with Gasteiger partial charge in [0.15, 0.2) is 0 Å². The fourth-order valence-electron chi connectivity index (χ4n) is 2.44. The van der Waals surface area contributed by atoms with Crippen LogP contribution >= 0.6 is 0 Å². The molecule has 6 heteroatoms. The molecule has 0 bridgehead atoms. The van der Waals surface area contributed by atoms with Gasteiger partial charge in [0, 0.05) is 5.69 Å². The number of hydrogen-bond donors (Lipinski definition) is 2. The maximum absolute atomic E-state index is 12.0. The van der Waals surface area contributed by atoms with Crippen molar-refractivity contribution in [2.75, 3.05) is 18.5 Å². The van der Waals surface area contributed by atoms with Gasteiger partial charge in [-0.05, 0) is 63.1 Å². The number of amides is 2. The maximum atomic E-state index is 12.0. The fraction of sp³-hybridized carbons (Fsp3) is 0.364. The quantitative estimate of drug-likeness (QED) is 0.705. The molecule has 150 valence electrons. The molecule has 0 unspecified atom stereocenters. The van der Waals surface area contributed by atoms with Gasteiger partial charge in [-0.3, -0.25) is 10.1 Å². The van der Waals surface area contributed by atoms with Crippen molar-refractivity contribution in [1.82, 2.24) is 5.32 Å². The second-order valence-corrected chi connectivity index (χ2v) is 7.52. The Morgan fingerprint density at radius 3 is 2.39 bits per heavy atom. The molecule has 2 aromatic rings. The third kappa shape index (κ3) is 8.12. The van der Waals surface area contributed by atoms with Crippen molar-refractivity contribution in [2.24, 2.45) is 0 Å². The Hall–Kier alpha value is -3.02. The van der Waals surface area contributed by atoms with Gasteiger partial charge in [0.25, 0.3) is 0 Å². The van der Waals surface area contributed by atoms with Crippen molar-refractivity contribution < 1.29 is 19.1 Å². The van der Waals surface area contributed by atoms with Crippen LogP contribution in [0.2, 0.25) is 0 Å². The van der Waals surface area contributed by atoms with Crippen LogP contribution in [0.15, 0.2) is 48.5 Å². The highest BCUT2D eigenvalue weighted by Gasteiger charge is 2.16. The van der Waals surface area contributed by atoms with E-state index in [-0.39, 0.29) is 12.3 Å². The van der Waals surface area contributed by atoms with Gasteiger partial charge in [-0.15, -0.1) is 0 Å². The van der Waals surface area contributed by atoms with Gasteiger partial charge in [0.1, 0.15) is 18.0 Å². The first kappa shape index (κ1) is 21.3. The SMILES string of the molecule is Cc1cccc(OCCNC(=O)Cc2ccc(NC(=O)OC(C)(C)C)cc2)c1. The Kier molecular flexibility index (Phi) is 7.44. The molecule has 0 radical (unpaired) electrons. The molecule has 2 N–H and O–H groups in total. The van der Waals surface area contributed by atoms with Crippen LogP contribution in [0.4, 0.5) is 10.5 Å². The number of hydrogen-bond acceptors (Lipinski definition) is 4. The van der Waals surface area contributed by atoms with Crippen LogP contribution in [0.5, 0.6) is 5.75 Å². The van der Waals surface area contributed by atoms with Gasteiger partial charge < -0.3 is 14.8 Å². The van der Waals surface area contributed by atoms with Gasteiger partial charge in [-0.25, -0.2) is 4.79 Å². The normalized spacial score (nSPS) is 10.9. The van der Waals surface area contributed by atoms with Crippen molar-refractivity contribution in [3.8, 4) is 5.75 Å². The van der Waals surface area contributed by atoms with Gasteiger partial charge >= 0.3 is 6.09 Å². The minimum atomic E-state index is -0.550. The topological polar surface area (TPSA) is 76.7 Å². The fourth-order valence-corrected chi connectivity index (χ4v) is 2.44. The third-order valence-electron chi connectivity index (χ3n) is 3.65. The van der Waals surface area contributed by atoms with Crippen LogP contribution in [-0.4, -0.2) is 30.8 Å². The first-order valence-electron chi connectivity index (χ1n) is 9.26. The number of carbonyl (C=O) groups is 2. The minimum absolute atomic E-state index is 0.0827. The zero-order valence-electron chi connectivity index (χ0n) is 16.9. The highest BCUT2D eigenvalue weighted by molar-refractivity contribution is 5.85. The molecular weight excluding hydrogens is 356 g/mol. The third-order valence-corrected chi connectivity index (χ3v) is 3.65. The molecule has 28 heavy (non-hydrogen) atoms. The Bertz CT molecular complexity index is 795. The summed E-state index contributed by atoms with van der Waals surface area (Å²) in [4.78, 5) is 23.8. The maximum Gasteiger partial charge on any atom is 0.412 e. The van der Waals surface area contributed by atoms with E-state index in [2.05, 4.69) is 10.6 Å². The van der Waals surface area contributed by atoms with Crippen LogP contribution in [0.3, 0.4) is 0 Å². The van der Waals surface area contributed by atoms with Gasteiger partial charge in [-0.1, -0.05) is 24.3 Å². The highest BCUT2D eigenvalue weighted by atomic mass is 16.6. The van der Waals surface area contributed by atoms with E-state index in [4.69, 9.17) is 9.47 Å². The number of aryl methyl sites for hydroxylation is 1. The summed E-state index contributed by atoms with van der Waals surface area (Å²) in [5.41, 5.74) is 2.05. The molecule has 0 atom stereocenters.